The largest absolute Gasteiger partial charge is 0.359 e. The van der Waals surface area contributed by atoms with Gasteiger partial charge in [-0.1, -0.05) is 24.3 Å². The van der Waals surface area contributed by atoms with Crippen LogP contribution in [0, 0.1) is 6.92 Å². The maximum Gasteiger partial charge on any atom is 0.0418 e. The van der Waals surface area contributed by atoms with Crippen molar-refractivity contribution in [2.24, 2.45) is 0 Å². The average molecular weight is 145 g/mol. The second-order valence-electron chi connectivity index (χ2n) is 2.86. The van der Waals surface area contributed by atoms with Crippen LogP contribution in [0.25, 0.3) is 12.2 Å². The normalized spacial score (nSPS) is 14.6. The summed E-state index contributed by atoms with van der Waals surface area (Å²) >= 11 is 0. The number of hydrogen-bond acceptors (Lipinski definition) is 0. The topological polar surface area (TPSA) is 15.8 Å². The molecule has 0 radical (unpaired) electrons. The third-order valence-corrected chi connectivity index (χ3v) is 1.88. The summed E-state index contributed by atoms with van der Waals surface area (Å²) in [5, 5.41) is 2.56. The summed E-state index contributed by atoms with van der Waals surface area (Å²) in [5.74, 6) is 0. The minimum atomic E-state index is 1.03. The molecule has 0 saturated carbocycles. The molecule has 0 bridgehead atoms. The van der Waals surface area contributed by atoms with Crippen LogP contribution in [0.15, 0.2) is 18.2 Å². The zero-order valence-corrected chi connectivity index (χ0v) is 6.59. The second-order valence-corrected chi connectivity index (χ2v) is 2.86. The summed E-state index contributed by atoms with van der Waals surface area (Å²) in [6.07, 6.45) is 9.65. The fourth-order valence-electron chi connectivity index (χ4n) is 1.37. The number of fused-ring (bicyclic) bond motifs is 1. The summed E-state index contributed by atoms with van der Waals surface area (Å²) in [6.45, 7) is 2.08. The van der Waals surface area contributed by atoms with Crippen LogP contribution in [0.5, 0.6) is 0 Å². The van der Waals surface area contributed by atoms with Gasteiger partial charge in [0.1, 0.15) is 0 Å². The molecule has 0 saturated heterocycles. The molecule has 1 aromatic rings. The average Bonchev–Trinajstić information content (AvgIpc) is 2.17. The van der Waals surface area contributed by atoms with E-state index in [0.29, 0.717) is 0 Å². The van der Waals surface area contributed by atoms with E-state index >= 15 is 0 Å². The van der Waals surface area contributed by atoms with E-state index in [1.165, 1.54) is 16.3 Å². The lowest BCUT2D eigenvalue weighted by molar-refractivity contribution is 1.21. The summed E-state index contributed by atoms with van der Waals surface area (Å²) in [6, 6.07) is 2.17. The molecule has 1 heterocycles. The number of allylic oxidation sites excluding steroid dienone is 2. The van der Waals surface area contributed by atoms with Gasteiger partial charge in [-0.15, -0.1) is 0 Å². The van der Waals surface area contributed by atoms with Gasteiger partial charge in [-0.25, -0.2) is 0 Å². The molecule has 1 aromatic heterocycles. The van der Waals surface area contributed by atoms with Crippen LogP contribution in [-0.4, -0.2) is 4.98 Å². The van der Waals surface area contributed by atoms with Crippen LogP contribution in [-0.2, 0) is 0 Å². The van der Waals surface area contributed by atoms with Crippen LogP contribution in [0.1, 0.15) is 12.1 Å². The Kier molecular flexibility index (Phi) is 1.42. The van der Waals surface area contributed by atoms with Gasteiger partial charge in [0.25, 0.3) is 0 Å². The molecule has 0 aliphatic heterocycles. The quantitative estimate of drug-likeness (QED) is 0.557. The first-order valence-corrected chi connectivity index (χ1v) is 3.89. The highest BCUT2D eigenvalue weighted by molar-refractivity contribution is 5.43. The van der Waals surface area contributed by atoms with Crippen LogP contribution >= 0.6 is 0 Å². The van der Waals surface area contributed by atoms with E-state index in [4.69, 9.17) is 0 Å². The first-order valence-electron chi connectivity index (χ1n) is 3.89. The standard InChI is InChI=1S/C10H11N/c1-8-7-9-5-3-2-4-6-10(9)11-8/h2-3,5-7,11H,4H2,1H3. The highest BCUT2D eigenvalue weighted by atomic mass is 14.7. The van der Waals surface area contributed by atoms with Crippen molar-refractivity contribution in [3.8, 4) is 0 Å². The van der Waals surface area contributed by atoms with Crippen molar-refractivity contribution in [1.29, 1.82) is 0 Å². The molecule has 1 nitrogen and oxygen atoms in total. The van der Waals surface area contributed by atoms with E-state index in [-0.39, 0.29) is 0 Å². The Hall–Kier alpha value is -1.24. The van der Waals surface area contributed by atoms with Crippen LogP contribution in [0.4, 0.5) is 0 Å². The van der Waals surface area contributed by atoms with Crippen molar-refractivity contribution in [3.63, 3.8) is 0 Å². The Morgan fingerprint density at radius 3 is 3.27 bits per heavy atom. The minimum absolute atomic E-state index is 1.03. The Morgan fingerprint density at radius 2 is 2.36 bits per heavy atom. The van der Waals surface area contributed by atoms with Gasteiger partial charge in [0.05, 0.1) is 0 Å². The molecule has 0 atom stereocenters. The van der Waals surface area contributed by atoms with Crippen molar-refractivity contribution in [2.75, 3.05) is 0 Å². The van der Waals surface area contributed by atoms with E-state index in [1.807, 2.05) is 0 Å². The SMILES string of the molecule is Cc1cc2c([nH]1)=CCC=CC=2. The smallest absolute Gasteiger partial charge is 0.0418 e. The lowest BCUT2D eigenvalue weighted by Gasteiger charge is -1.78. The lowest BCUT2D eigenvalue weighted by Crippen LogP contribution is -2.20. The fraction of sp³-hybridized carbons (Fsp3) is 0.200. The number of hydrogen-bond donors (Lipinski definition) is 1. The molecular weight excluding hydrogens is 134 g/mol. The zero-order valence-electron chi connectivity index (χ0n) is 6.59. The van der Waals surface area contributed by atoms with Gasteiger partial charge >= 0.3 is 0 Å². The number of H-pyrrole nitrogens is 1. The number of aromatic amines is 1. The third-order valence-electron chi connectivity index (χ3n) is 1.88. The number of aryl methyl sites for hydroxylation is 1. The molecule has 56 valence electrons. The Morgan fingerprint density at radius 1 is 1.45 bits per heavy atom. The van der Waals surface area contributed by atoms with Gasteiger partial charge in [0, 0.05) is 11.0 Å². The van der Waals surface area contributed by atoms with Gasteiger partial charge in [-0.05, 0) is 24.6 Å². The molecular formula is C10H11N. The van der Waals surface area contributed by atoms with Crippen molar-refractivity contribution in [3.05, 3.63) is 34.5 Å². The van der Waals surface area contributed by atoms with E-state index in [1.54, 1.807) is 0 Å². The first kappa shape index (κ1) is 6.47. The fourth-order valence-corrected chi connectivity index (χ4v) is 1.37. The van der Waals surface area contributed by atoms with Gasteiger partial charge in [-0.3, -0.25) is 0 Å². The molecule has 0 fully saturated rings. The van der Waals surface area contributed by atoms with E-state index in [0.717, 1.165) is 6.42 Å². The van der Waals surface area contributed by atoms with Crippen molar-refractivity contribution >= 4 is 12.2 Å². The first-order chi connectivity index (χ1) is 5.36. The van der Waals surface area contributed by atoms with Crippen LogP contribution < -0.4 is 10.6 Å². The number of aromatic nitrogens is 1. The van der Waals surface area contributed by atoms with E-state index in [2.05, 4.69) is 42.3 Å². The van der Waals surface area contributed by atoms with Gasteiger partial charge < -0.3 is 4.98 Å². The Bertz CT molecular complexity index is 393. The Labute approximate surface area is 65.8 Å². The zero-order chi connectivity index (χ0) is 7.68. The van der Waals surface area contributed by atoms with Gasteiger partial charge in [-0.2, -0.15) is 0 Å². The van der Waals surface area contributed by atoms with Crippen molar-refractivity contribution < 1.29 is 0 Å². The molecule has 1 aliphatic carbocycles. The van der Waals surface area contributed by atoms with Crippen LogP contribution in [0.3, 0.4) is 0 Å². The molecule has 0 spiro atoms. The molecule has 2 rings (SSSR count). The van der Waals surface area contributed by atoms with E-state index < -0.39 is 0 Å². The molecule has 1 aliphatic rings. The van der Waals surface area contributed by atoms with Crippen LogP contribution in [0.2, 0.25) is 0 Å². The molecule has 0 amide bonds. The van der Waals surface area contributed by atoms with Gasteiger partial charge in [0.15, 0.2) is 0 Å². The van der Waals surface area contributed by atoms with Gasteiger partial charge in [0.2, 0.25) is 0 Å². The lowest BCUT2D eigenvalue weighted by atomic mass is 10.3. The predicted octanol–water partition coefficient (Wildman–Crippen LogP) is 0.844. The van der Waals surface area contributed by atoms with Crippen molar-refractivity contribution in [2.45, 2.75) is 13.3 Å². The minimum Gasteiger partial charge on any atom is -0.359 e. The molecule has 1 N–H and O–H groups in total. The molecule has 0 aromatic carbocycles. The van der Waals surface area contributed by atoms with Crippen molar-refractivity contribution in [1.82, 2.24) is 4.98 Å². The summed E-state index contributed by atoms with van der Waals surface area (Å²) in [4.78, 5) is 3.31. The maximum absolute atomic E-state index is 3.31. The van der Waals surface area contributed by atoms with E-state index in [9.17, 15) is 0 Å². The monoisotopic (exact) mass is 145 g/mol. The highest BCUT2D eigenvalue weighted by Crippen LogP contribution is 1.89. The second kappa shape index (κ2) is 2.42. The number of nitrogens with one attached hydrogen (secondary N) is 1. The maximum atomic E-state index is 3.31. The summed E-state index contributed by atoms with van der Waals surface area (Å²) < 4.78 is 0. The molecule has 1 heteroatoms. The predicted molar refractivity (Wildman–Crippen MR) is 47.5 cm³/mol. The third kappa shape index (κ3) is 1.14. The molecule has 11 heavy (non-hydrogen) atoms. The highest BCUT2D eigenvalue weighted by Gasteiger charge is 1.90. The number of rotatable bonds is 0. The summed E-state index contributed by atoms with van der Waals surface area (Å²) in [7, 11) is 0. The summed E-state index contributed by atoms with van der Waals surface area (Å²) in [5.41, 5.74) is 1.23. The Balaban J connectivity index is 2.79. The molecule has 0 unspecified atom stereocenters.